The summed E-state index contributed by atoms with van der Waals surface area (Å²) >= 11 is 0. The van der Waals surface area contributed by atoms with E-state index in [0.29, 0.717) is 25.9 Å². The molecule has 1 fully saturated rings. The number of ether oxygens (including phenoxy) is 1. The van der Waals surface area contributed by atoms with Crippen molar-refractivity contribution in [2.75, 3.05) is 26.7 Å². The van der Waals surface area contributed by atoms with Gasteiger partial charge in [0.2, 0.25) is 11.8 Å². The number of carboxylic acids is 1. The lowest BCUT2D eigenvalue weighted by Crippen LogP contribution is -2.54. The van der Waals surface area contributed by atoms with Crippen molar-refractivity contribution in [3.63, 3.8) is 0 Å². The number of carbonyl (C=O) groups is 4. The summed E-state index contributed by atoms with van der Waals surface area (Å²) in [4.78, 5) is 50.9. The Morgan fingerprint density at radius 3 is 2.14 bits per heavy atom. The summed E-state index contributed by atoms with van der Waals surface area (Å²) in [6, 6.07) is -0.711. The van der Waals surface area contributed by atoms with Gasteiger partial charge in [-0.05, 0) is 39.5 Å². The number of rotatable bonds is 6. The van der Waals surface area contributed by atoms with Gasteiger partial charge in [-0.2, -0.15) is 0 Å². The zero-order chi connectivity index (χ0) is 21.6. The molecule has 0 saturated carbocycles. The van der Waals surface area contributed by atoms with E-state index in [1.54, 1.807) is 25.7 Å². The number of alkyl carbamates (subject to hydrolysis) is 1. The van der Waals surface area contributed by atoms with Gasteiger partial charge in [-0.25, -0.2) is 4.79 Å². The van der Waals surface area contributed by atoms with Crippen LogP contribution in [-0.4, -0.2) is 77.1 Å². The Morgan fingerprint density at radius 2 is 1.71 bits per heavy atom. The second-order valence-corrected chi connectivity index (χ2v) is 8.56. The van der Waals surface area contributed by atoms with Crippen molar-refractivity contribution in [1.29, 1.82) is 0 Å². The molecule has 28 heavy (non-hydrogen) atoms. The molecule has 0 aliphatic carbocycles. The predicted octanol–water partition coefficient (Wildman–Crippen LogP) is 1.32. The largest absolute Gasteiger partial charge is 0.480 e. The number of nitrogens with one attached hydrogen (secondary N) is 1. The van der Waals surface area contributed by atoms with Crippen LogP contribution in [-0.2, 0) is 19.1 Å². The van der Waals surface area contributed by atoms with Crippen LogP contribution in [0.25, 0.3) is 0 Å². The number of carboxylic acid groups (broad SMARTS) is 1. The Labute approximate surface area is 166 Å². The lowest BCUT2D eigenvalue weighted by atomic mass is 9.94. The van der Waals surface area contributed by atoms with Gasteiger partial charge in [0, 0.05) is 26.1 Å². The normalized spacial score (nSPS) is 16.5. The van der Waals surface area contributed by atoms with Crippen LogP contribution in [0.1, 0.15) is 47.5 Å². The average molecular weight is 399 g/mol. The fraction of sp³-hybridized carbons (Fsp3) is 0.789. The second kappa shape index (κ2) is 9.75. The van der Waals surface area contributed by atoms with Gasteiger partial charge in [-0.15, -0.1) is 0 Å². The van der Waals surface area contributed by atoms with Crippen LogP contribution in [0.5, 0.6) is 0 Å². The topological polar surface area (TPSA) is 116 Å². The van der Waals surface area contributed by atoms with Gasteiger partial charge in [-0.1, -0.05) is 13.8 Å². The molecule has 0 radical (unpaired) electrons. The summed E-state index contributed by atoms with van der Waals surface area (Å²) in [5.41, 5.74) is -0.657. The molecule has 3 amide bonds. The van der Waals surface area contributed by atoms with Crippen molar-refractivity contribution >= 4 is 23.9 Å². The monoisotopic (exact) mass is 399 g/mol. The average Bonchev–Trinajstić information content (AvgIpc) is 2.56. The number of likely N-dealkylation sites (N-methyl/N-ethyl adjacent to an activating group) is 1. The molecule has 1 aliphatic heterocycles. The molecule has 9 heteroatoms. The first-order valence-corrected chi connectivity index (χ1v) is 9.57. The van der Waals surface area contributed by atoms with E-state index in [1.807, 2.05) is 13.8 Å². The zero-order valence-electron chi connectivity index (χ0n) is 17.7. The molecule has 1 aliphatic rings. The first kappa shape index (κ1) is 23.7. The van der Waals surface area contributed by atoms with Crippen LogP contribution in [0.2, 0.25) is 0 Å². The van der Waals surface area contributed by atoms with E-state index in [2.05, 4.69) is 5.32 Å². The molecule has 160 valence electrons. The number of hydrogen-bond donors (Lipinski definition) is 2. The van der Waals surface area contributed by atoms with Gasteiger partial charge in [0.05, 0.1) is 0 Å². The van der Waals surface area contributed by atoms with Crippen LogP contribution >= 0.6 is 0 Å². The van der Waals surface area contributed by atoms with Crippen LogP contribution in [0.4, 0.5) is 4.79 Å². The third-order valence-corrected chi connectivity index (χ3v) is 4.51. The minimum atomic E-state index is -1.06. The Balaban J connectivity index is 2.65. The highest BCUT2D eigenvalue weighted by molar-refractivity contribution is 5.87. The van der Waals surface area contributed by atoms with Crippen LogP contribution in [0.3, 0.4) is 0 Å². The second-order valence-electron chi connectivity index (χ2n) is 8.56. The van der Waals surface area contributed by atoms with Crippen molar-refractivity contribution in [3.8, 4) is 0 Å². The van der Waals surface area contributed by atoms with Crippen molar-refractivity contribution in [1.82, 2.24) is 15.1 Å². The Kier molecular flexibility index (Phi) is 8.26. The van der Waals surface area contributed by atoms with Gasteiger partial charge in [-0.3, -0.25) is 14.4 Å². The third-order valence-electron chi connectivity index (χ3n) is 4.51. The number of aliphatic carboxylic acids is 1. The van der Waals surface area contributed by atoms with Gasteiger partial charge < -0.3 is 25.0 Å². The van der Waals surface area contributed by atoms with Gasteiger partial charge in [0.25, 0.3) is 0 Å². The highest BCUT2D eigenvalue weighted by atomic mass is 16.6. The van der Waals surface area contributed by atoms with Gasteiger partial charge >= 0.3 is 12.1 Å². The minimum absolute atomic E-state index is 0.124. The first-order valence-electron chi connectivity index (χ1n) is 9.57. The molecule has 0 spiro atoms. The maximum atomic E-state index is 12.9. The summed E-state index contributed by atoms with van der Waals surface area (Å²) in [7, 11) is 1.47. The lowest BCUT2D eigenvalue weighted by Gasteiger charge is -2.36. The third kappa shape index (κ3) is 7.36. The molecule has 2 N–H and O–H groups in total. The van der Waals surface area contributed by atoms with E-state index >= 15 is 0 Å². The Bertz CT molecular complexity index is 591. The smallest absolute Gasteiger partial charge is 0.408 e. The molecule has 0 bridgehead atoms. The fourth-order valence-electron chi connectivity index (χ4n) is 3.08. The number of hydrogen-bond acceptors (Lipinski definition) is 5. The Morgan fingerprint density at radius 1 is 1.18 bits per heavy atom. The SMILES string of the molecule is CC(C)C(NC(=O)OC(C)(C)C)C(=O)N1CCC(C(=O)N(C)CC(=O)O)CC1. The highest BCUT2D eigenvalue weighted by Gasteiger charge is 2.34. The van der Waals surface area contributed by atoms with Gasteiger partial charge in [0.1, 0.15) is 18.2 Å². The van der Waals surface area contributed by atoms with E-state index in [0.717, 1.165) is 0 Å². The summed E-state index contributed by atoms with van der Waals surface area (Å²) in [6.45, 7) is 9.37. The highest BCUT2D eigenvalue weighted by Crippen LogP contribution is 2.21. The molecular formula is C19H33N3O6. The molecule has 9 nitrogen and oxygen atoms in total. The van der Waals surface area contributed by atoms with Crippen molar-refractivity contribution in [3.05, 3.63) is 0 Å². The number of likely N-dealkylation sites (tertiary alicyclic amines) is 1. The molecule has 1 saturated heterocycles. The maximum Gasteiger partial charge on any atom is 0.408 e. The standard InChI is InChI=1S/C19H33N3O6/c1-12(2)15(20-18(27)28-19(3,4)5)17(26)22-9-7-13(8-10-22)16(25)21(6)11-14(23)24/h12-13,15H,7-11H2,1-6H3,(H,20,27)(H,23,24). The molecule has 0 aromatic rings. The zero-order valence-corrected chi connectivity index (χ0v) is 17.7. The summed E-state index contributed by atoms with van der Waals surface area (Å²) in [5.74, 6) is -1.91. The van der Waals surface area contributed by atoms with E-state index in [9.17, 15) is 19.2 Å². The molecule has 1 atom stereocenters. The summed E-state index contributed by atoms with van der Waals surface area (Å²) in [6.07, 6.45) is 0.289. The minimum Gasteiger partial charge on any atom is -0.480 e. The predicted molar refractivity (Wildman–Crippen MR) is 103 cm³/mol. The Hall–Kier alpha value is -2.32. The number of amides is 3. The summed E-state index contributed by atoms with van der Waals surface area (Å²) < 4.78 is 5.24. The lowest BCUT2D eigenvalue weighted by molar-refractivity contribution is -0.146. The van der Waals surface area contributed by atoms with Crippen molar-refractivity contribution < 1.29 is 29.0 Å². The fourth-order valence-corrected chi connectivity index (χ4v) is 3.08. The van der Waals surface area contributed by atoms with Gasteiger partial charge in [0.15, 0.2) is 0 Å². The molecule has 0 aromatic heterocycles. The molecule has 0 aromatic carbocycles. The first-order chi connectivity index (χ1) is 12.8. The number of carbonyl (C=O) groups excluding carboxylic acids is 3. The number of piperidine rings is 1. The van der Waals surface area contributed by atoms with E-state index in [-0.39, 0.29) is 30.2 Å². The van der Waals surface area contributed by atoms with Crippen LogP contribution in [0.15, 0.2) is 0 Å². The van der Waals surface area contributed by atoms with Crippen LogP contribution in [0, 0.1) is 11.8 Å². The maximum absolute atomic E-state index is 12.9. The van der Waals surface area contributed by atoms with E-state index < -0.39 is 23.7 Å². The van der Waals surface area contributed by atoms with Crippen LogP contribution < -0.4 is 5.32 Å². The molecule has 1 unspecified atom stereocenters. The number of nitrogens with zero attached hydrogens (tertiary/aromatic N) is 2. The van der Waals surface area contributed by atoms with Crippen molar-refractivity contribution in [2.24, 2.45) is 11.8 Å². The molecular weight excluding hydrogens is 366 g/mol. The van der Waals surface area contributed by atoms with E-state index in [4.69, 9.17) is 9.84 Å². The van der Waals surface area contributed by atoms with Crippen molar-refractivity contribution in [2.45, 2.75) is 59.1 Å². The quantitative estimate of drug-likeness (QED) is 0.696. The summed E-state index contributed by atoms with van der Waals surface area (Å²) in [5, 5.41) is 11.5. The molecule has 1 heterocycles. The molecule has 1 rings (SSSR count). The van der Waals surface area contributed by atoms with E-state index in [1.165, 1.54) is 11.9 Å².